The van der Waals surface area contributed by atoms with Crippen molar-refractivity contribution in [2.45, 2.75) is 19.9 Å². The number of rotatable bonds is 6. The van der Waals surface area contributed by atoms with Gasteiger partial charge in [0.05, 0.1) is 0 Å². The van der Waals surface area contributed by atoms with Crippen LogP contribution >= 0.6 is 0 Å². The van der Waals surface area contributed by atoms with Gasteiger partial charge in [-0.15, -0.1) is 0 Å². The Morgan fingerprint density at radius 2 is 1.96 bits per heavy atom. The molecule has 24 heavy (non-hydrogen) atoms. The molecule has 6 heteroatoms. The standard InChI is InChI=1S/C18H20N2O4/c1-2-14-5-3-4-6-15(14)22-11-20-18(21)19-10-13-7-8-16-17(9-13)24-12-23-16/h3-9H,2,10-12H2,1H3,(H2,19,20,21). The van der Waals surface area contributed by atoms with Crippen molar-refractivity contribution < 1.29 is 19.0 Å². The van der Waals surface area contributed by atoms with E-state index in [1.165, 1.54) is 0 Å². The number of ether oxygens (including phenoxy) is 3. The normalized spacial score (nSPS) is 11.9. The number of carbonyl (C=O) groups is 1. The summed E-state index contributed by atoms with van der Waals surface area (Å²) in [5.41, 5.74) is 2.05. The number of para-hydroxylation sites is 1. The fourth-order valence-electron chi connectivity index (χ4n) is 2.41. The van der Waals surface area contributed by atoms with E-state index in [1.807, 2.05) is 42.5 Å². The number of fused-ring (bicyclic) bond motifs is 1. The second kappa shape index (κ2) is 7.59. The van der Waals surface area contributed by atoms with Crippen LogP contribution < -0.4 is 24.8 Å². The Kier molecular flexibility index (Phi) is 5.05. The lowest BCUT2D eigenvalue weighted by Gasteiger charge is -2.12. The van der Waals surface area contributed by atoms with Crippen LogP contribution in [0.1, 0.15) is 18.1 Å². The van der Waals surface area contributed by atoms with Gasteiger partial charge in [0.25, 0.3) is 0 Å². The Morgan fingerprint density at radius 1 is 1.12 bits per heavy atom. The minimum Gasteiger partial charge on any atom is -0.473 e. The molecule has 126 valence electrons. The molecule has 2 aromatic carbocycles. The van der Waals surface area contributed by atoms with Crippen LogP contribution in [-0.4, -0.2) is 19.6 Å². The Hall–Kier alpha value is -2.89. The van der Waals surface area contributed by atoms with Crippen molar-refractivity contribution >= 4 is 6.03 Å². The molecule has 2 N–H and O–H groups in total. The molecule has 0 saturated carbocycles. The summed E-state index contributed by atoms with van der Waals surface area (Å²) < 4.78 is 16.2. The van der Waals surface area contributed by atoms with E-state index in [0.29, 0.717) is 12.3 Å². The van der Waals surface area contributed by atoms with Crippen molar-refractivity contribution in [3.8, 4) is 17.2 Å². The average molecular weight is 328 g/mol. The van der Waals surface area contributed by atoms with Crippen molar-refractivity contribution in [2.24, 2.45) is 0 Å². The van der Waals surface area contributed by atoms with E-state index >= 15 is 0 Å². The van der Waals surface area contributed by atoms with Crippen LogP contribution in [0.25, 0.3) is 0 Å². The molecule has 0 radical (unpaired) electrons. The molecule has 0 bridgehead atoms. The maximum atomic E-state index is 11.8. The fraction of sp³-hybridized carbons (Fsp3) is 0.278. The van der Waals surface area contributed by atoms with Crippen LogP contribution in [0.2, 0.25) is 0 Å². The van der Waals surface area contributed by atoms with Gasteiger partial charge >= 0.3 is 6.03 Å². The van der Waals surface area contributed by atoms with E-state index in [1.54, 1.807) is 0 Å². The number of urea groups is 1. The van der Waals surface area contributed by atoms with Gasteiger partial charge in [-0.05, 0) is 35.7 Å². The molecular weight excluding hydrogens is 308 g/mol. The lowest BCUT2D eigenvalue weighted by Crippen LogP contribution is -2.37. The zero-order valence-electron chi connectivity index (χ0n) is 13.5. The molecule has 6 nitrogen and oxygen atoms in total. The first kappa shape index (κ1) is 16.0. The highest BCUT2D eigenvalue weighted by Gasteiger charge is 2.13. The minimum atomic E-state index is -0.290. The van der Waals surface area contributed by atoms with Crippen LogP contribution in [-0.2, 0) is 13.0 Å². The van der Waals surface area contributed by atoms with Crippen molar-refractivity contribution in [3.63, 3.8) is 0 Å². The number of nitrogens with one attached hydrogen (secondary N) is 2. The Morgan fingerprint density at radius 3 is 2.83 bits per heavy atom. The molecule has 3 rings (SSSR count). The largest absolute Gasteiger partial charge is 0.473 e. The molecule has 0 aliphatic carbocycles. The van der Waals surface area contributed by atoms with Gasteiger partial charge in [0.1, 0.15) is 5.75 Å². The second-order valence-corrected chi connectivity index (χ2v) is 5.30. The molecule has 1 heterocycles. The van der Waals surface area contributed by atoms with Gasteiger partial charge in [-0.25, -0.2) is 4.79 Å². The minimum absolute atomic E-state index is 0.115. The first-order chi connectivity index (χ1) is 11.8. The van der Waals surface area contributed by atoms with Gasteiger partial charge in [0.15, 0.2) is 18.2 Å². The number of hydrogen-bond acceptors (Lipinski definition) is 4. The monoisotopic (exact) mass is 328 g/mol. The van der Waals surface area contributed by atoms with Crippen molar-refractivity contribution in [1.82, 2.24) is 10.6 Å². The van der Waals surface area contributed by atoms with Crippen molar-refractivity contribution in [3.05, 3.63) is 53.6 Å². The Labute approximate surface area is 140 Å². The van der Waals surface area contributed by atoms with E-state index in [4.69, 9.17) is 14.2 Å². The number of amides is 2. The highest BCUT2D eigenvalue weighted by molar-refractivity contribution is 5.73. The smallest absolute Gasteiger partial charge is 0.317 e. The molecule has 0 atom stereocenters. The molecule has 0 fully saturated rings. The number of aryl methyl sites for hydroxylation is 1. The topological polar surface area (TPSA) is 68.8 Å². The highest BCUT2D eigenvalue weighted by atomic mass is 16.7. The first-order valence-electron chi connectivity index (χ1n) is 7.87. The second-order valence-electron chi connectivity index (χ2n) is 5.30. The quantitative estimate of drug-likeness (QED) is 0.800. The van der Waals surface area contributed by atoms with Crippen LogP contribution in [0.5, 0.6) is 17.2 Å². The van der Waals surface area contributed by atoms with Crippen LogP contribution in [0, 0.1) is 0 Å². The molecule has 0 aromatic heterocycles. The van der Waals surface area contributed by atoms with E-state index in [9.17, 15) is 4.79 Å². The lowest BCUT2D eigenvalue weighted by atomic mass is 10.1. The third kappa shape index (κ3) is 3.90. The Bertz CT molecular complexity index is 718. The van der Waals surface area contributed by atoms with Crippen LogP contribution in [0.15, 0.2) is 42.5 Å². The van der Waals surface area contributed by atoms with Gasteiger partial charge in [-0.3, -0.25) is 0 Å². The zero-order valence-corrected chi connectivity index (χ0v) is 13.5. The summed E-state index contributed by atoms with van der Waals surface area (Å²) in [6, 6.07) is 13.1. The predicted molar refractivity (Wildman–Crippen MR) is 89.3 cm³/mol. The molecule has 2 aromatic rings. The van der Waals surface area contributed by atoms with Gasteiger partial charge in [-0.2, -0.15) is 0 Å². The molecular formula is C18H20N2O4. The summed E-state index contributed by atoms with van der Waals surface area (Å²) >= 11 is 0. The predicted octanol–water partition coefficient (Wildman–Crippen LogP) is 2.81. The average Bonchev–Trinajstić information content (AvgIpc) is 3.08. The summed E-state index contributed by atoms with van der Waals surface area (Å²) in [4.78, 5) is 11.8. The zero-order chi connectivity index (χ0) is 16.8. The summed E-state index contributed by atoms with van der Waals surface area (Å²) in [5.74, 6) is 2.22. The van der Waals surface area contributed by atoms with Gasteiger partial charge in [0, 0.05) is 6.54 Å². The van der Waals surface area contributed by atoms with Crippen LogP contribution in [0.3, 0.4) is 0 Å². The summed E-state index contributed by atoms with van der Waals surface area (Å²) in [6.45, 7) is 2.81. The number of carbonyl (C=O) groups excluding carboxylic acids is 1. The molecule has 1 aliphatic rings. The first-order valence-corrected chi connectivity index (χ1v) is 7.87. The van der Waals surface area contributed by atoms with E-state index in [2.05, 4.69) is 17.6 Å². The fourth-order valence-corrected chi connectivity index (χ4v) is 2.41. The third-order valence-electron chi connectivity index (χ3n) is 3.70. The molecule has 0 saturated heterocycles. The molecule has 2 amide bonds. The number of benzene rings is 2. The summed E-state index contributed by atoms with van der Waals surface area (Å²) in [7, 11) is 0. The van der Waals surface area contributed by atoms with E-state index < -0.39 is 0 Å². The van der Waals surface area contributed by atoms with Gasteiger partial charge < -0.3 is 24.8 Å². The third-order valence-corrected chi connectivity index (χ3v) is 3.70. The maximum absolute atomic E-state index is 11.8. The van der Waals surface area contributed by atoms with Crippen molar-refractivity contribution in [1.29, 1.82) is 0 Å². The highest BCUT2D eigenvalue weighted by Crippen LogP contribution is 2.32. The lowest BCUT2D eigenvalue weighted by molar-refractivity contribution is 0.174. The summed E-state index contributed by atoms with van der Waals surface area (Å²) in [6.07, 6.45) is 0.881. The number of hydrogen-bond donors (Lipinski definition) is 2. The maximum Gasteiger partial charge on any atom is 0.317 e. The molecule has 1 aliphatic heterocycles. The summed E-state index contributed by atoms with van der Waals surface area (Å²) in [5, 5.41) is 5.46. The van der Waals surface area contributed by atoms with Crippen LogP contribution in [0.4, 0.5) is 4.79 Å². The van der Waals surface area contributed by atoms with Gasteiger partial charge in [0.2, 0.25) is 6.79 Å². The van der Waals surface area contributed by atoms with Gasteiger partial charge in [-0.1, -0.05) is 31.2 Å². The molecule has 0 spiro atoms. The van der Waals surface area contributed by atoms with E-state index in [-0.39, 0.29) is 19.6 Å². The van der Waals surface area contributed by atoms with Crippen molar-refractivity contribution in [2.75, 3.05) is 13.5 Å². The Balaban J connectivity index is 1.43. The SMILES string of the molecule is CCc1ccccc1OCNC(=O)NCc1ccc2c(c1)OCO2. The van der Waals surface area contributed by atoms with E-state index in [0.717, 1.165) is 29.0 Å². The molecule has 0 unspecified atom stereocenters.